The van der Waals surface area contributed by atoms with Crippen molar-refractivity contribution in [3.63, 3.8) is 0 Å². The molecule has 0 bridgehead atoms. The van der Waals surface area contributed by atoms with Gasteiger partial charge in [-0.25, -0.2) is 0 Å². The van der Waals surface area contributed by atoms with E-state index in [1.807, 2.05) is 30.0 Å². The molecule has 1 fully saturated rings. The molecule has 110 valence electrons. The van der Waals surface area contributed by atoms with Gasteiger partial charge in [0.25, 0.3) is 0 Å². The summed E-state index contributed by atoms with van der Waals surface area (Å²) < 4.78 is 6.29. The van der Waals surface area contributed by atoms with Crippen LogP contribution < -0.4 is 4.74 Å². The zero-order valence-corrected chi connectivity index (χ0v) is 12.4. The Morgan fingerprint density at radius 2 is 2.10 bits per heavy atom. The molecular formula is C17H18O3S. The lowest BCUT2D eigenvalue weighted by molar-refractivity contribution is 0.0761. The molecule has 0 spiro atoms. The fourth-order valence-corrected chi connectivity index (χ4v) is 5.17. The van der Waals surface area contributed by atoms with Gasteiger partial charge in [0.1, 0.15) is 23.4 Å². The number of ether oxygens (including phenoxy) is 1. The summed E-state index contributed by atoms with van der Waals surface area (Å²) in [6.45, 7) is 0. The summed E-state index contributed by atoms with van der Waals surface area (Å²) in [5, 5.41) is 19.2. The zero-order valence-electron chi connectivity index (χ0n) is 11.6. The van der Waals surface area contributed by atoms with Gasteiger partial charge in [0, 0.05) is 34.8 Å². The van der Waals surface area contributed by atoms with E-state index in [1.165, 1.54) is 0 Å². The minimum absolute atomic E-state index is 0.155. The molecule has 1 unspecified atom stereocenters. The molecule has 0 saturated carbocycles. The van der Waals surface area contributed by atoms with Gasteiger partial charge in [-0.1, -0.05) is 6.08 Å². The lowest BCUT2D eigenvalue weighted by Gasteiger charge is -2.39. The third kappa shape index (κ3) is 2.22. The first kappa shape index (κ1) is 13.1. The van der Waals surface area contributed by atoms with Gasteiger partial charge >= 0.3 is 0 Å². The van der Waals surface area contributed by atoms with Crippen LogP contribution in [0.3, 0.4) is 0 Å². The normalized spacial score (nSPS) is 33.8. The molecule has 3 aliphatic rings. The number of aliphatic hydroxyl groups is 1. The second-order valence-corrected chi connectivity index (χ2v) is 7.07. The quantitative estimate of drug-likeness (QED) is 0.832. The first-order valence-electron chi connectivity index (χ1n) is 7.37. The summed E-state index contributed by atoms with van der Waals surface area (Å²) >= 11 is 1.97. The minimum atomic E-state index is 0.155. The number of rotatable bonds is 1. The lowest BCUT2D eigenvalue weighted by atomic mass is 9.76. The van der Waals surface area contributed by atoms with E-state index in [2.05, 4.69) is 6.08 Å². The van der Waals surface area contributed by atoms with Gasteiger partial charge in [-0.15, -0.1) is 0 Å². The molecule has 4 heteroatoms. The summed E-state index contributed by atoms with van der Waals surface area (Å²) in [6.07, 6.45) is 6.71. The Hall–Kier alpha value is -1.55. The van der Waals surface area contributed by atoms with Crippen LogP contribution in [0.1, 0.15) is 17.9 Å². The van der Waals surface area contributed by atoms with Gasteiger partial charge < -0.3 is 14.9 Å². The predicted octanol–water partition coefficient (Wildman–Crippen LogP) is 3.62. The van der Waals surface area contributed by atoms with Crippen molar-refractivity contribution in [3.05, 3.63) is 47.7 Å². The highest BCUT2D eigenvalue weighted by atomic mass is 32.2. The van der Waals surface area contributed by atoms with Gasteiger partial charge in [-0.3, -0.25) is 0 Å². The van der Waals surface area contributed by atoms with E-state index in [1.54, 1.807) is 12.1 Å². The Kier molecular flexibility index (Phi) is 3.14. The van der Waals surface area contributed by atoms with E-state index >= 15 is 0 Å². The summed E-state index contributed by atoms with van der Waals surface area (Å²) in [6, 6.07) is 5.44. The highest BCUT2D eigenvalue weighted by molar-refractivity contribution is 7.99. The van der Waals surface area contributed by atoms with Gasteiger partial charge in [0.05, 0.1) is 0 Å². The Morgan fingerprint density at radius 1 is 1.19 bits per heavy atom. The molecule has 2 heterocycles. The third-order valence-corrected chi connectivity index (χ3v) is 5.95. The number of aromatic hydroxyl groups is 1. The van der Waals surface area contributed by atoms with Crippen molar-refractivity contribution in [1.29, 1.82) is 0 Å². The highest BCUT2D eigenvalue weighted by Crippen LogP contribution is 2.50. The Labute approximate surface area is 128 Å². The van der Waals surface area contributed by atoms with Crippen LogP contribution in [0.4, 0.5) is 0 Å². The molecule has 1 aliphatic carbocycles. The summed E-state index contributed by atoms with van der Waals surface area (Å²) in [4.78, 5) is 0. The number of thioether (sulfide) groups is 1. The number of benzene rings is 1. The van der Waals surface area contributed by atoms with Gasteiger partial charge in [0.15, 0.2) is 0 Å². The van der Waals surface area contributed by atoms with Crippen LogP contribution in [0.15, 0.2) is 42.2 Å². The van der Waals surface area contributed by atoms with Gasteiger partial charge in [0.2, 0.25) is 0 Å². The molecule has 1 aromatic carbocycles. The van der Waals surface area contributed by atoms with Gasteiger partial charge in [-0.2, -0.15) is 11.8 Å². The molecule has 0 amide bonds. The number of hydrogen-bond donors (Lipinski definition) is 2. The molecular weight excluding hydrogens is 284 g/mol. The summed E-state index contributed by atoms with van der Waals surface area (Å²) in [5.74, 6) is 5.03. The van der Waals surface area contributed by atoms with Crippen molar-refractivity contribution in [1.82, 2.24) is 0 Å². The smallest absolute Gasteiger partial charge is 0.123 e. The zero-order chi connectivity index (χ0) is 14.4. The van der Waals surface area contributed by atoms with Crippen LogP contribution in [-0.2, 0) is 0 Å². The Morgan fingerprint density at radius 3 is 2.90 bits per heavy atom. The van der Waals surface area contributed by atoms with Crippen LogP contribution >= 0.6 is 11.8 Å². The Balaban J connectivity index is 1.68. The van der Waals surface area contributed by atoms with Crippen molar-refractivity contribution < 1.29 is 14.9 Å². The number of fused-ring (bicyclic) bond motifs is 3. The fourth-order valence-electron chi connectivity index (χ4n) is 3.66. The monoisotopic (exact) mass is 302 g/mol. The second kappa shape index (κ2) is 5.02. The van der Waals surface area contributed by atoms with E-state index in [0.29, 0.717) is 29.3 Å². The molecule has 0 radical (unpaired) electrons. The van der Waals surface area contributed by atoms with Gasteiger partial charge in [-0.05, 0) is 36.8 Å². The van der Waals surface area contributed by atoms with Crippen molar-refractivity contribution >= 4 is 11.8 Å². The van der Waals surface area contributed by atoms with Crippen LogP contribution in [0.25, 0.3) is 0 Å². The van der Waals surface area contributed by atoms with E-state index in [4.69, 9.17) is 4.74 Å². The molecule has 4 atom stereocenters. The fraction of sp³-hybridized carbons (Fsp3) is 0.412. The predicted molar refractivity (Wildman–Crippen MR) is 84.0 cm³/mol. The molecule has 21 heavy (non-hydrogen) atoms. The van der Waals surface area contributed by atoms with Crippen molar-refractivity contribution in [2.75, 3.05) is 11.5 Å². The molecule has 2 aliphatic heterocycles. The topological polar surface area (TPSA) is 49.7 Å². The number of hydrogen-bond acceptors (Lipinski definition) is 4. The van der Waals surface area contributed by atoms with E-state index in [-0.39, 0.29) is 6.10 Å². The standard InChI is InChI=1S/C17H18O3S/c18-11-3-1-10(2-4-11)17-15-9-21-8-14(15)13-7-12(19)5-6-16(13)20-17/h1,3-7,10,14-15,17-19H,2,8-9H2/t10-,14+,15+,17?/m1/s1. The van der Waals surface area contributed by atoms with Crippen LogP contribution in [0.2, 0.25) is 0 Å². The summed E-state index contributed by atoms with van der Waals surface area (Å²) in [5.41, 5.74) is 1.15. The SMILES string of the molecule is OC1=CC[C@H](C2Oc3ccc(O)cc3[C@@H]3CSC[C@H]23)C=C1. The van der Waals surface area contributed by atoms with Crippen molar-refractivity contribution in [2.45, 2.75) is 18.4 Å². The number of allylic oxidation sites excluding steroid dienone is 2. The first-order chi connectivity index (χ1) is 10.2. The second-order valence-electron chi connectivity index (χ2n) is 6.00. The van der Waals surface area contributed by atoms with Crippen molar-refractivity contribution in [2.24, 2.45) is 11.8 Å². The average Bonchev–Trinajstić information content (AvgIpc) is 2.97. The minimum Gasteiger partial charge on any atom is -0.508 e. The van der Waals surface area contributed by atoms with E-state index in [9.17, 15) is 10.2 Å². The molecule has 0 aromatic heterocycles. The third-order valence-electron chi connectivity index (χ3n) is 4.74. The number of phenolic OH excluding ortho intramolecular Hbond substituents is 1. The lowest BCUT2D eigenvalue weighted by Crippen LogP contribution is -2.40. The largest absolute Gasteiger partial charge is 0.508 e. The first-order valence-corrected chi connectivity index (χ1v) is 8.52. The maximum Gasteiger partial charge on any atom is 0.123 e. The van der Waals surface area contributed by atoms with Crippen molar-refractivity contribution in [3.8, 4) is 11.5 Å². The maximum absolute atomic E-state index is 9.74. The molecule has 1 aromatic rings. The van der Waals surface area contributed by atoms with E-state index in [0.717, 1.165) is 29.2 Å². The molecule has 4 rings (SSSR count). The molecule has 2 N–H and O–H groups in total. The number of phenols is 1. The summed E-state index contributed by atoms with van der Waals surface area (Å²) in [7, 11) is 0. The van der Waals surface area contributed by atoms with Crippen LogP contribution in [-0.4, -0.2) is 27.8 Å². The van der Waals surface area contributed by atoms with Crippen LogP contribution in [0.5, 0.6) is 11.5 Å². The average molecular weight is 302 g/mol. The number of aliphatic hydroxyl groups excluding tert-OH is 1. The maximum atomic E-state index is 9.74. The highest BCUT2D eigenvalue weighted by Gasteiger charge is 2.44. The van der Waals surface area contributed by atoms with Crippen LogP contribution in [0, 0.1) is 11.8 Å². The van der Waals surface area contributed by atoms with E-state index < -0.39 is 0 Å². The molecule has 3 nitrogen and oxygen atoms in total. The Bertz CT molecular complexity index is 622. The molecule has 1 saturated heterocycles.